The van der Waals surface area contributed by atoms with Crippen LogP contribution in [0.2, 0.25) is 0 Å². The number of aromatic amines is 1. The van der Waals surface area contributed by atoms with Gasteiger partial charge in [0.2, 0.25) is 11.8 Å². The lowest BCUT2D eigenvalue weighted by Gasteiger charge is -2.00. The third-order valence-corrected chi connectivity index (χ3v) is 2.24. The molecular weight excluding hydrogens is 237 g/mol. The number of amides is 1. The molecule has 0 aromatic carbocycles. The predicted molar refractivity (Wildman–Crippen MR) is 62.6 cm³/mol. The molecule has 18 heavy (non-hydrogen) atoms. The first-order valence-corrected chi connectivity index (χ1v) is 5.41. The predicted octanol–water partition coefficient (Wildman–Crippen LogP) is 1.71. The van der Waals surface area contributed by atoms with Gasteiger partial charge in [0, 0.05) is 5.92 Å². The highest BCUT2D eigenvalue weighted by Gasteiger charge is 2.14. The van der Waals surface area contributed by atoms with Gasteiger partial charge in [-0.2, -0.15) is 4.39 Å². The number of hydrogen-bond donors (Lipinski definition) is 2. The molecule has 2 heterocycles. The molecule has 0 spiro atoms. The van der Waals surface area contributed by atoms with Crippen molar-refractivity contribution in [3.63, 3.8) is 0 Å². The molecular formula is C11H12FN5O. The van der Waals surface area contributed by atoms with E-state index in [1.54, 1.807) is 0 Å². The van der Waals surface area contributed by atoms with Crippen molar-refractivity contribution in [1.29, 1.82) is 0 Å². The van der Waals surface area contributed by atoms with Crippen LogP contribution in [0, 0.1) is 5.95 Å². The highest BCUT2D eigenvalue weighted by molar-refractivity contribution is 6.01. The minimum absolute atomic E-state index is 0.0445. The monoisotopic (exact) mass is 249 g/mol. The molecule has 7 heteroatoms. The summed E-state index contributed by atoms with van der Waals surface area (Å²) < 4.78 is 12.6. The van der Waals surface area contributed by atoms with Gasteiger partial charge in [-0.3, -0.25) is 9.89 Å². The summed E-state index contributed by atoms with van der Waals surface area (Å²) in [6.45, 7) is 3.87. The molecule has 0 saturated heterocycles. The van der Waals surface area contributed by atoms with Crippen LogP contribution in [0.4, 0.5) is 10.1 Å². The molecule has 94 valence electrons. The maximum atomic E-state index is 12.6. The molecule has 2 aromatic heterocycles. The van der Waals surface area contributed by atoms with Crippen LogP contribution in [0.15, 0.2) is 18.3 Å². The molecule has 0 saturated carbocycles. The highest BCUT2D eigenvalue weighted by atomic mass is 19.1. The molecule has 2 aromatic rings. The van der Waals surface area contributed by atoms with Gasteiger partial charge in [0.15, 0.2) is 0 Å². The second-order valence-corrected chi connectivity index (χ2v) is 4.02. The van der Waals surface area contributed by atoms with Gasteiger partial charge in [-0.05, 0) is 12.1 Å². The first-order valence-electron chi connectivity index (χ1n) is 5.41. The van der Waals surface area contributed by atoms with Crippen LogP contribution in [0.25, 0.3) is 0 Å². The van der Waals surface area contributed by atoms with E-state index in [2.05, 4.69) is 25.5 Å². The average Bonchev–Trinajstić information content (AvgIpc) is 2.81. The maximum Gasteiger partial charge on any atom is 0.295 e. The van der Waals surface area contributed by atoms with E-state index in [-0.39, 0.29) is 11.7 Å². The second-order valence-electron chi connectivity index (χ2n) is 4.02. The zero-order valence-corrected chi connectivity index (χ0v) is 9.94. The van der Waals surface area contributed by atoms with Crippen molar-refractivity contribution in [2.75, 3.05) is 5.32 Å². The summed E-state index contributed by atoms with van der Waals surface area (Å²) in [4.78, 5) is 19.2. The second kappa shape index (κ2) is 4.91. The number of nitrogens with zero attached hydrogens (tertiary/aromatic N) is 3. The Bertz CT molecular complexity index is 549. The largest absolute Gasteiger partial charge is 0.318 e. The molecule has 0 aliphatic carbocycles. The lowest BCUT2D eigenvalue weighted by Crippen LogP contribution is -2.14. The molecule has 0 atom stereocenters. The van der Waals surface area contributed by atoms with Gasteiger partial charge in [-0.15, -0.1) is 5.10 Å². The van der Waals surface area contributed by atoms with Gasteiger partial charge in [-0.25, -0.2) is 9.97 Å². The van der Waals surface area contributed by atoms with E-state index in [4.69, 9.17) is 0 Å². The van der Waals surface area contributed by atoms with Crippen molar-refractivity contribution in [1.82, 2.24) is 20.2 Å². The molecule has 0 aliphatic heterocycles. The number of H-pyrrole nitrogens is 1. The number of halogens is 1. The summed E-state index contributed by atoms with van der Waals surface area (Å²) >= 11 is 0. The Morgan fingerprint density at radius 1 is 1.44 bits per heavy atom. The van der Waals surface area contributed by atoms with Crippen LogP contribution in [0.1, 0.15) is 36.2 Å². The quantitative estimate of drug-likeness (QED) is 0.811. The van der Waals surface area contributed by atoms with E-state index in [0.29, 0.717) is 11.5 Å². The molecule has 0 aliphatic rings. The van der Waals surface area contributed by atoms with Crippen LogP contribution < -0.4 is 5.32 Å². The smallest absolute Gasteiger partial charge is 0.295 e. The van der Waals surface area contributed by atoms with Gasteiger partial charge in [0.25, 0.3) is 5.91 Å². The van der Waals surface area contributed by atoms with E-state index < -0.39 is 11.9 Å². The van der Waals surface area contributed by atoms with Crippen molar-refractivity contribution in [3.8, 4) is 0 Å². The standard InChI is InChI=1S/C11H12FN5O/c1-6(2)9-15-10(17-16-9)11(18)14-7-3-4-8(12)13-5-7/h3-6H,1-2H3,(H,14,18)(H,15,16,17). The van der Waals surface area contributed by atoms with Gasteiger partial charge in [0.05, 0.1) is 11.9 Å². The van der Waals surface area contributed by atoms with Crippen molar-refractivity contribution < 1.29 is 9.18 Å². The number of nitrogens with one attached hydrogen (secondary N) is 2. The van der Waals surface area contributed by atoms with Crippen molar-refractivity contribution in [3.05, 3.63) is 35.9 Å². The summed E-state index contributed by atoms with van der Waals surface area (Å²) in [5.41, 5.74) is 0.386. The number of rotatable bonds is 3. The minimum Gasteiger partial charge on any atom is -0.318 e. The summed E-state index contributed by atoms with van der Waals surface area (Å²) in [6.07, 6.45) is 1.23. The molecule has 1 amide bonds. The van der Waals surface area contributed by atoms with Crippen molar-refractivity contribution in [2.24, 2.45) is 0 Å². The van der Waals surface area contributed by atoms with E-state index in [1.807, 2.05) is 13.8 Å². The Balaban J connectivity index is 2.09. The maximum absolute atomic E-state index is 12.6. The number of hydrogen-bond acceptors (Lipinski definition) is 4. The highest BCUT2D eigenvalue weighted by Crippen LogP contribution is 2.10. The van der Waals surface area contributed by atoms with E-state index in [1.165, 1.54) is 12.3 Å². The zero-order chi connectivity index (χ0) is 13.1. The van der Waals surface area contributed by atoms with E-state index >= 15 is 0 Å². The fourth-order valence-corrected chi connectivity index (χ4v) is 1.27. The average molecular weight is 249 g/mol. The summed E-state index contributed by atoms with van der Waals surface area (Å²) in [5.74, 6) is -0.230. The van der Waals surface area contributed by atoms with Crippen LogP contribution in [0.3, 0.4) is 0 Å². The van der Waals surface area contributed by atoms with E-state index in [9.17, 15) is 9.18 Å². The van der Waals surface area contributed by atoms with Gasteiger partial charge >= 0.3 is 0 Å². The first kappa shape index (κ1) is 12.2. The fraction of sp³-hybridized carbons (Fsp3) is 0.273. The number of anilines is 1. The molecule has 0 bridgehead atoms. The van der Waals surface area contributed by atoms with Crippen molar-refractivity contribution in [2.45, 2.75) is 19.8 Å². The first-order chi connectivity index (χ1) is 8.56. The number of carbonyl (C=O) groups is 1. The van der Waals surface area contributed by atoms with E-state index in [0.717, 1.165) is 6.07 Å². The topological polar surface area (TPSA) is 83.6 Å². The zero-order valence-electron chi connectivity index (χ0n) is 9.94. The Kier molecular flexibility index (Phi) is 3.31. The van der Waals surface area contributed by atoms with Gasteiger partial charge < -0.3 is 5.32 Å². The van der Waals surface area contributed by atoms with Gasteiger partial charge in [-0.1, -0.05) is 13.8 Å². The Hall–Kier alpha value is -2.31. The number of aromatic nitrogens is 4. The molecule has 0 fully saturated rings. The van der Waals surface area contributed by atoms with Crippen LogP contribution >= 0.6 is 0 Å². The lowest BCUT2D eigenvalue weighted by molar-refractivity contribution is 0.101. The molecule has 0 radical (unpaired) electrons. The molecule has 2 N–H and O–H groups in total. The lowest BCUT2D eigenvalue weighted by atomic mass is 10.2. The van der Waals surface area contributed by atoms with Crippen LogP contribution in [-0.2, 0) is 0 Å². The summed E-state index contributed by atoms with van der Waals surface area (Å²) in [5, 5.41) is 9.02. The van der Waals surface area contributed by atoms with Gasteiger partial charge in [0.1, 0.15) is 5.82 Å². The molecule has 2 rings (SSSR count). The fourth-order valence-electron chi connectivity index (χ4n) is 1.27. The SMILES string of the molecule is CC(C)c1nc(C(=O)Nc2ccc(F)nc2)n[nH]1. The Morgan fingerprint density at radius 2 is 2.22 bits per heavy atom. The minimum atomic E-state index is -0.604. The normalized spacial score (nSPS) is 10.7. The molecule has 0 unspecified atom stereocenters. The third-order valence-electron chi connectivity index (χ3n) is 2.24. The Morgan fingerprint density at radius 3 is 2.78 bits per heavy atom. The molecule has 6 nitrogen and oxygen atoms in total. The Labute approximate surface area is 103 Å². The number of carbonyl (C=O) groups excluding carboxylic acids is 1. The summed E-state index contributed by atoms with van der Waals surface area (Å²) in [7, 11) is 0. The summed E-state index contributed by atoms with van der Waals surface area (Å²) in [6, 6.07) is 2.57. The van der Waals surface area contributed by atoms with Crippen LogP contribution in [0.5, 0.6) is 0 Å². The number of pyridine rings is 1. The van der Waals surface area contributed by atoms with Crippen molar-refractivity contribution >= 4 is 11.6 Å². The van der Waals surface area contributed by atoms with Crippen LogP contribution in [-0.4, -0.2) is 26.1 Å². The third kappa shape index (κ3) is 2.68.